The summed E-state index contributed by atoms with van der Waals surface area (Å²) < 4.78 is 0. The molecule has 6 rings (SSSR count). The number of ketones is 1. The maximum atomic E-state index is 13.5. The van der Waals surface area contributed by atoms with E-state index in [1.165, 1.54) is 69.9 Å². The van der Waals surface area contributed by atoms with Gasteiger partial charge in [-0.3, -0.25) is 4.79 Å². The fraction of sp³-hybridized carbons (Fsp3) is 0.613. The number of benzene rings is 1. The molecule has 3 fully saturated rings. The third-order valence-electron chi connectivity index (χ3n) is 9.49. The lowest BCUT2D eigenvalue weighted by Gasteiger charge is -2.42. The molecule has 1 N–H and O–H groups in total. The minimum absolute atomic E-state index is 0.139. The monoisotopic (exact) mass is 514 g/mol. The Kier molecular flexibility index (Phi) is 7.72. The molecule has 0 spiro atoms. The highest BCUT2D eigenvalue weighted by atomic mass is 16.1. The van der Waals surface area contributed by atoms with Crippen molar-refractivity contribution in [1.29, 1.82) is 0 Å². The predicted octanol–water partition coefficient (Wildman–Crippen LogP) is 6.12. The van der Waals surface area contributed by atoms with Crippen molar-refractivity contribution in [1.82, 2.24) is 14.9 Å². The first kappa shape index (κ1) is 25.5. The van der Waals surface area contributed by atoms with Crippen molar-refractivity contribution in [2.45, 2.75) is 70.1 Å². The van der Waals surface area contributed by atoms with Crippen LogP contribution in [0.1, 0.15) is 75.8 Å². The normalized spacial score (nSPS) is 23.6. The molecule has 1 unspecified atom stereocenters. The molecule has 1 saturated heterocycles. The lowest BCUT2D eigenvalue weighted by Crippen LogP contribution is -2.44. The Morgan fingerprint density at radius 3 is 2.13 bits per heavy atom. The first-order valence-corrected chi connectivity index (χ1v) is 14.9. The van der Waals surface area contributed by atoms with Crippen LogP contribution < -0.4 is 10.2 Å². The van der Waals surface area contributed by atoms with Gasteiger partial charge in [0.05, 0.1) is 24.0 Å². The standard InChI is InChI=1S/C31H42N6O/c1-36-16-18-37(19-17-36)25-14-12-24(13-15-25)34-31-33-20-26-30(35-31)29(27(38)21-32-26)28(22-8-4-2-5-9-22)23-10-6-3-7-11-23/h12-15,20-23,28-29H,2-11,16-19H2,1H3,(H,33,34,35). The average molecular weight is 515 g/mol. The van der Waals surface area contributed by atoms with Crippen molar-refractivity contribution < 1.29 is 4.79 Å². The summed E-state index contributed by atoms with van der Waals surface area (Å²) in [5.74, 6) is 2.07. The van der Waals surface area contributed by atoms with Crippen LogP contribution in [-0.4, -0.2) is 60.1 Å². The average Bonchev–Trinajstić information content (AvgIpc) is 2.96. The van der Waals surface area contributed by atoms with Crippen LogP contribution in [0.4, 0.5) is 23.0 Å². The van der Waals surface area contributed by atoms with Gasteiger partial charge in [-0.15, -0.1) is 0 Å². The minimum Gasteiger partial charge on any atom is -0.369 e. The Morgan fingerprint density at radius 1 is 0.868 bits per heavy atom. The molecular formula is C31H42N6O. The summed E-state index contributed by atoms with van der Waals surface area (Å²) in [5.41, 5.74) is 3.81. The Hall–Kier alpha value is -2.80. The SMILES string of the molecule is CN1CCN(c2ccc(Nc3ncc4c(n3)C(C(C3CCCCC3)C3CCCCC3)C(=O)C=N4)cc2)CC1. The summed E-state index contributed by atoms with van der Waals surface area (Å²) in [6.45, 7) is 4.29. The quantitative estimate of drug-likeness (QED) is 0.501. The maximum absolute atomic E-state index is 13.5. The van der Waals surface area contributed by atoms with Crippen molar-refractivity contribution >= 4 is 35.0 Å². The number of aromatic nitrogens is 2. The summed E-state index contributed by atoms with van der Waals surface area (Å²) in [5, 5.41) is 3.41. The fourth-order valence-electron chi connectivity index (χ4n) is 7.41. The topological polar surface area (TPSA) is 73.7 Å². The van der Waals surface area contributed by atoms with Crippen LogP contribution in [-0.2, 0) is 4.79 Å². The van der Waals surface area contributed by atoms with Crippen LogP contribution >= 0.6 is 0 Å². The molecule has 2 aromatic rings. The van der Waals surface area contributed by atoms with E-state index in [0.29, 0.717) is 23.7 Å². The van der Waals surface area contributed by atoms with Crippen LogP contribution in [0.25, 0.3) is 0 Å². The van der Waals surface area contributed by atoms with E-state index in [-0.39, 0.29) is 11.7 Å². The number of hydrogen-bond donors (Lipinski definition) is 1. The molecule has 38 heavy (non-hydrogen) atoms. The van der Waals surface area contributed by atoms with E-state index < -0.39 is 0 Å². The minimum atomic E-state index is -0.197. The first-order valence-electron chi connectivity index (χ1n) is 14.9. The van der Waals surface area contributed by atoms with E-state index in [9.17, 15) is 4.79 Å². The molecule has 0 radical (unpaired) electrons. The molecule has 1 aromatic carbocycles. The van der Waals surface area contributed by atoms with Crippen molar-refractivity contribution in [3.8, 4) is 0 Å². The molecule has 2 aliphatic heterocycles. The lowest BCUT2D eigenvalue weighted by atomic mass is 9.63. The van der Waals surface area contributed by atoms with Gasteiger partial charge in [0.1, 0.15) is 5.69 Å². The highest BCUT2D eigenvalue weighted by Crippen LogP contribution is 2.49. The molecule has 4 aliphatic rings. The zero-order valence-corrected chi connectivity index (χ0v) is 22.8. The Morgan fingerprint density at radius 2 is 1.50 bits per heavy atom. The van der Waals surface area contributed by atoms with Crippen LogP contribution in [0.15, 0.2) is 35.5 Å². The second-order valence-electron chi connectivity index (χ2n) is 11.9. The van der Waals surface area contributed by atoms with Gasteiger partial charge < -0.3 is 15.1 Å². The number of rotatable bonds is 6. The van der Waals surface area contributed by atoms with Crippen LogP contribution in [0.5, 0.6) is 0 Å². The van der Waals surface area contributed by atoms with Gasteiger partial charge >= 0.3 is 0 Å². The van der Waals surface area contributed by atoms with E-state index in [4.69, 9.17) is 4.98 Å². The number of aliphatic imine (C=N–C) groups is 1. The number of anilines is 3. The van der Waals surface area contributed by atoms with Crippen molar-refractivity contribution in [2.24, 2.45) is 22.7 Å². The van der Waals surface area contributed by atoms with Gasteiger partial charge in [0.2, 0.25) is 5.95 Å². The number of piperazine rings is 1. The Balaban J connectivity index is 1.25. The van der Waals surface area contributed by atoms with Crippen molar-refractivity contribution in [3.63, 3.8) is 0 Å². The van der Waals surface area contributed by atoms with Crippen LogP contribution in [0.3, 0.4) is 0 Å². The molecular weight excluding hydrogens is 472 g/mol. The maximum Gasteiger partial charge on any atom is 0.227 e. The summed E-state index contributed by atoms with van der Waals surface area (Å²) in [7, 11) is 2.18. The highest BCUT2D eigenvalue weighted by molar-refractivity contribution is 6.31. The third-order valence-corrected chi connectivity index (χ3v) is 9.49. The summed E-state index contributed by atoms with van der Waals surface area (Å²) in [4.78, 5) is 32.4. The molecule has 1 atom stereocenters. The molecule has 0 bridgehead atoms. The summed E-state index contributed by atoms with van der Waals surface area (Å²) >= 11 is 0. The van der Waals surface area contributed by atoms with E-state index in [1.807, 2.05) is 0 Å². The molecule has 202 valence electrons. The van der Waals surface area contributed by atoms with Gasteiger partial charge in [0.15, 0.2) is 5.78 Å². The number of carbonyl (C=O) groups excluding carboxylic acids is 1. The van der Waals surface area contributed by atoms with E-state index >= 15 is 0 Å². The Labute approximate surface area is 227 Å². The smallest absolute Gasteiger partial charge is 0.227 e. The van der Waals surface area contributed by atoms with Gasteiger partial charge in [0, 0.05) is 37.6 Å². The number of fused-ring (bicyclic) bond motifs is 1. The van der Waals surface area contributed by atoms with Crippen molar-refractivity contribution in [3.05, 3.63) is 36.2 Å². The number of nitrogens with one attached hydrogen (secondary N) is 1. The second-order valence-corrected chi connectivity index (χ2v) is 11.9. The molecule has 7 heteroatoms. The van der Waals surface area contributed by atoms with E-state index in [0.717, 1.165) is 43.2 Å². The molecule has 1 aromatic heterocycles. The van der Waals surface area contributed by atoms with Crippen LogP contribution in [0.2, 0.25) is 0 Å². The highest BCUT2D eigenvalue weighted by Gasteiger charge is 2.43. The largest absolute Gasteiger partial charge is 0.369 e. The van der Waals surface area contributed by atoms with Gasteiger partial charge in [-0.05, 0) is 49.1 Å². The number of carbonyl (C=O) groups is 1. The van der Waals surface area contributed by atoms with Crippen molar-refractivity contribution in [2.75, 3.05) is 43.4 Å². The summed E-state index contributed by atoms with van der Waals surface area (Å²) in [6.07, 6.45) is 16.1. The Bertz CT molecular complexity index is 1110. The molecule has 2 aliphatic carbocycles. The molecule has 7 nitrogen and oxygen atoms in total. The van der Waals surface area contributed by atoms with E-state index in [2.05, 4.69) is 56.4 Å². The number of hydrogen-bond acceptors (Lipinski definition) is 7. The zero-order valence-electron chi connectivity index (χ0n) is 22.8. The molecule has 2 saturated carbocycles. The fourth-order valence-corrected chi connectivity index (χ4v) is 7.41. The van der Waals surface area contributed by atoms with Gasteiger partial charge in [-0.25, -0.2) is 15.0 Å². The van der Waals surface area contributed by atoms with Crippen LogP contribution in [0, 0.1) is 17.8 Å². The third kappa shape index (κ3) is 5.49. The van der Waals surface area contributed by atoms with Gasteiger partial charge in [-0.1, -0.05) is 64.2 Å². The van der Waals surface area contributed by atoms with Gasteiger partial charge in [0.25, 0.3) is 0 Å². The number of likely N-dealkylation sites (N-methyl/N-ethyl adjacent to an activating group) is 1. The predicted molar refractivity (Wildman–Crippen MR) is 154 cm³/mol. The van der Waals surface area contributed by atoms with E-state index in [1.54, 1.807) is 12.4 Å². The molecule has 3 heterocycles. The zero-order chi connectivity index (χ0) is 25.9. The first-order chi connectivity index (χ1) is 18.7. The second kappa shape index (κ2) is 11.5. The summed E-state index contributed by atoms with van der Waals surface area (Å²) in [6, 6.07) is 8.55. The number of nitrogens with zero attached hydrogens (tertiary/aromatic N) is 5. The van der Waals surface area contributed by atoms with Gasteiger partial charge in [-0.2, -0.15) is 0 Å². The molecule has 0 amide bonds. The number of Topliss-reactive ketones (excluding diaryl/α,β-unsaturated/α-hetero) is 1. The lowest BCUT2D eigenvalue weighted by molar-refractivity contribution is -0.116.